The van der Waals surface area contributed by atoms with E-state index in [2.05, 4.69) is 58.3 Å². The predicted octanol–water partition coefficient (Wildman–Crippen LogP) is 7.22. The average molecular weight is 772 g/mol. The van der Waals surface area contributed by atoms with Crippen molar-refractivity contribution < 1.29 is 27.9 Å². The zero-order chi connectivity index (χ0) is 39.4. The van der Waals surface area contributed by atoms with Gasteiger partial charge in [0.15, 0.2) is 0 Å². The van der Waals surface area contributed by atoms with Crippen LogP contribution in [0.1, 0.15) is 126 Å². The number of fused-ring (bicyclic) bond motifs is 7. The van der Waals surface area contributed by atoms with E-state index in [1.165, 1.54) is 56.8 Å². The van der Waals surface area contributed by atoms with E-state index in [0.29, 0.717) is 49.1 Å². The van der Waals surface area contributed by atoms with Crippen molar-refractivity contribution in [2.75, 3.05) is 45.5 Å². The van der Waals surface area contributed by atoms with Crippen molar-refractivity contribution in [2.45, 2.75) is 138 Å². The van der Waals surface area contributed by atoms with E-state index in [1.54, 1.807) is 4.31 Å². The number of allylic oxidation sites excluding steroid dienone is 1. The first-order valence-electron chi connectivity index (χ1n) is 21.5. The summed E-state index contributed by atoms with van der Waals surface area (Å²) in [6.07, 6.45) is 13.3. The molecule has 10 heteroatoms. The van der Waals surface area contributed by atoms with Crippen molar-refractivity contribution >= 4 is 22.0 Å². The van der Waals surface area contributed by atoms with Crippen molar-refractivity contribution in [3.8, 4) is 0 Å². The monoisotopic (exact) mass is 772 g/mol. The first kappa shape index (κ1) is 40.7. The highest BCUT2D eigenvalue weighted by atomic mass is 32.2. The van der Waals surface area contributed by atoms with Gasteiger partial charge in [0.05, 0.1) is 18.1 Å². The van der Waals surface area contributed by atoms with Gasteiger partial charge in [0.2, 0.25) is 10.0 Å². The number of nitrogens with zero attached hydrogens (tertiary/aromatic N) is 2. The number of aliphatic carboxylic acids is 1. The summed E-state index contributed by atoms with van der Waals surface area (Å²) in [5.41, 5.74) is 1.40. The minimum Gasteiger partial charge on any atom is -0.481 e. The molecule has 6 aliphatic carbocycles. The minimum atomic E-state index is -3.13. The molecule has 12 atom stereocenters. The van der Waals surface area contributed by atoms with E-state index in [4.69, 9.17) is 4.74 Å². The van der Waals surface area contributed by atoms with E-state index >= 15 is 0 Å². The molecule has 0 aromatic carbocycles. The first-order chi connectivity index (χ1) is 25.0. The molecule has 0 spiro atoms. The van der Waals surface area contributed by atoms with Gasteiger partial charge in [-0.3, -0.25) is 14.5 Å². The molecule has 7 fully saturated rings. The zero-order valence-electron chi connectivity index (χ0n) is 35.1. The second-order valence-electron chi connectivity index (χ2n) is 21.6. The van der Waals surface area contributed by atoms with Gasteiger partial charge in [-0.25, -0.2) is 8.42 Å². The largest absolute Gasteiger partial charge is 0.481 e. The van der Waals surface area contributed by atoms with Gasteiger partial charge in [-0.1, -0.05) is 60.6 Å². The fraction of sp³-hybridized carbons (Fsp3) is 0.909. The molecular formula is C44H73N3O6S. The number of carbonyl (C=O) groups excluding carboxylic acids is 1. The third-order valence-corrected chi connectivity index (χ3v) is 20.1. The Bertz CT molecular complexity index is 1620. The SMILES string of the molecule is C=C(C)[C@@H]1CC[C@]2(NCCN3CCN(S(C)(=O)=O)CC3)CC[C@]3(C)[C@H](CC[C@@H]4[C@@]5(C)CC[C@H](OC(=O)[C@H]6C[C@@H](C(=O)O)C6(C)C)C(C)(C)[C@@H]5CC[C@]43C)[C@@H]12. The molecule has 0 radical (unpaired) electrons. The topological polar surface area (TPSA) is 116 Å². The maximum absolute atomic E-state index is 13.6. The lowest BCUT2D eigenvalue weighted by Crippen LogP contribution is -2.69. The van der Waals surface area contributed by atoms with Gasteiger partial charge in [0.1, 0.15) is 6.10 Å². The van der Waals surface area contributed by atoms with Crippen LogP contribution in [-0.4, -0.2) is 91.8 Å². The molecule has 1 saturated heterocycles. The van der Waals surface area contributed by atoms with Gasteiger partial charge in [0.25, 0.3) is 0 Å². The Hall–Kier alpha value is -1.49. The van der Waals surface area contributed by atoms with Crippen molar-refractivity contribution in [1.29, 1.82) is 0 Å². The summed E-state index contributed by atoms with van der Waals surface area (Å²) in [4.78, 5) is 27.8. The fourth-order valence-electron chi connectivity index (χ4n) is 15.4. The molecule has 7 aliphatic rings. The number of nitrogens with one attached hydrogen (secondary N) is 1. The number of carboxylic acid groups (broad SMARTS) is 1. The van der Waals surface area contributed by atoms with Gasteiger partial charge >= 0.3 is 11.9 Å². The second-order valence-corrected chi connectivity index (χ2v) is 23.5. The predicted molar refractivity (Wildman–Crippen MR) is 213 cm³/mol. The van der Waals surface area contributed by atoms with E-state index in [1.807, 2.05) is 13.8 Å². The third kappa shape index (κ3) is 6.10. The van der Waals surface area contributed by atoms with Crippen LogP contribution >= 0.6 is 0 Å². The summed E-state index contributed by atoms with van der Waals surface area (Å²) in [7, 11) is -3.13. The van der Waals surface area contributed by atoms with Gasteiger partial charge in [-0.2, -0.15) is 4.31 Å². The molecule has 0 unspecified atom stereocenters. The number of ether oxygens (including phenoxy) is 1. The molecule has 1 heterocycles. The fourth-order valence-corrected chi connectivity index (χ4v) is 16.2. The molecule has 0 bridgehead atoms. The summed E-state index contributed by atoms with van der Waals surface area (Å²) in [5, 5.41) is 13.9. The van der Waals surface area contributed by atoms with Crippen LogP contribution in [0.3, 0.4) is 0 Å². The molecule has 0 aromatic rings. The van der Waals surface area contributed by atoms with Crippen LogP contribution in [0.5, 0.6) is 0 Å². The molecule has 54 heavy (non-hydrogen) atoms. The highest BCUT2D eigenvalue weighted by molar-refractivity contribution is 7.88. The van der Waals surface area contributed by atoms with Crippen molar-refractivity contribution in [3.63, 3.8) is 0 Å². The molecule has 306 valence electrons. The molecule has 0 aromatic heterocycles. The number of sulfonamides is 1. The normalized spacial score (nSPS) is 45.9. The summed E-state index contributed by atoms with van der Waals surface area (Å²) < 4.78 is 32.2. The molecule has 6 saturated carbocycles. The summed E-state index contributed by atoms with van der Waals surface area (Å²) in [5.74, 6) is 1.03. The van der Waals surface area contributed by atoms with Gasteiger partial charge < -0.3 is 15.2 Å². The highest BCUT2D eigenvalue weighted by Crippen LogP contribution is 2.76. The molecular weight excluding hydrogens is 699 g/mol. The van der Waals surface area contributed by atoms with Gasteiger partial charge in [0, 0.05) is 50.2 Å². The number of rotatable bonds is 9. The smallest absolute Gasteiger partial charge is 0.309 e. The number of hydrogen-bond acceptors (Lipinski definition) is 7. The van der Waals surface area contributed by atoms with E-state index in [9.17, 15) is 23.1 Å². The Labute approximate surface area is 327 Å². The Kier molecular flexibility index (Phi) is 10.2. The van der Waals surface area contributed by atoms with Crippen molar-refractivity contribution in [2.24, 2.45) is 68.5 Å². The zero-order valence-corrected chi connectivity index (χ0v) is 36.0. The van der Waals surface area contributed by atoms with Crippen molar-refractivity contribution in [3.05, 3.63) is 12.2 Å². The quantitative estimate of drug-likeness (QED) is 0.187. The molecule has 1 aliphatic heterocycles. The van der Waals surface area contributed by atoms with Crippen molar-refractivity contribution in [1.82, 2.24) is 14.5 Å². The Balaban J connectivity index is 1.06. The Morgan fingerprint density at radius 1 is 0.815 bits per heavy atom. The number of esters is 1. The summed E-state index contributed by atoms with van der Waals surface area (Å²) in [6.45, 7) is 28.0. The molecule has 9 nitrogen and oxygen atoms in total. The second kappa shape index (κ2) is 13.5. The van der Waals surface area contributed by atoms with Gasteiger partial charge in [-0.05, 0) is 129 Å². The van der Waals surface area contributed by atoms with Crippen LogP contribution in [0.25, 0.3) is 0 Å². The standard InChI is InChI=1S/C44H73N3O6S/c1-28(2)29-13-18-44(45-21-22-46-23-25-47(26-24-46)54(10,51)52)20-19-42(8)30(36(29)44)11-12-34-41(7)16-15-35(40(5,6)33(41)14-17-43(34,42)9)53-38(50)32-27-31(37(48)49)39(32,3)4/h29-36,45H,1,11-27H2,2-10H3,(H,48,49)/t29-,30+,31-,32+,33-,34+,35-,36+,41-,42+,43+,44-/m0/s1. The number of carboxylic acids is 1. The summed E-state index contributed by atoms with van der Waals surface area (Å²) in [6, 6.07) is 0. The van der Waals surface area contributed by atoms with Crippen LogP contribution in [-0.2, 0) is 24.3 Å². The minimum absolute atomic E-state index is 0.135. The number of carbonyl (C=O) groups is 2. The third-order valence-electron chi connectivity index (χ3n) is 18.8. The van der Waals surface area contributed by atoms with Crippen LogP contribution in [0.15, 0.2) is 12.2 Å². The average Bonchev–Trinajstić information content (AvgIpc) is 3.45. The van der Waals surface area contributed by atoms with Crippen LogP contribution in [0, 0.1) is 68.5 Å². The lowest BCUT2D eigenvalue weighted by Gasteiger charge is -2.73. The Morgan fingerprint density at radius 3 is 2.11 bits per heavy atom. The van der Waals surface area contributed by atoms with E-state index in [0.717, 1.165) is 45.4 Å². The molecule has 0 amide bonds. The maximum atomic E-state index is 13.6. The lowest BCUT2D eigenvalue weighted by molar-refractivity contribution is -0.248. The summed E-state index contributed by atoms with van der Waals surface area (Å²) >= 11 is 0. The maximum Gasteiger partial charge on any atom is 0.309 e. The highest BCUT2D eigenvalue weighted by Gasteiger charge is 2.71. The van der Waals surface area contributed by atoms with Gasteiger partial charge in [-0.15, -0.1) is 0 Å². The molecule has 2 N–H and O–H groups in total. The number of piperazine rings is 1. The van der Waals surface area contributed by atoms with Crippen LogP contribution in [0.2, 0.25) is 0 Å². The number of hydrogen-bond donors (Lipinski definition) is 2. The van der Waals surface area contributed by atoms with Crippen LogP contribution in [0.4, 0.5) is 0 Å². The van der Waals surface area contributed by atoms with E-state index in [-0.39, 0.29) is 45.2 Å². The Morgan fingerprint density at radius 2 is 1.50 bits per heavy atom. The molecule has 7 rings (SSSR count). The van der Waals surface area contributed by atoms with Crippen LogP contribution < -0.4 is 5.32 Å². The first-order valence-corrected chi connectivity index (χ1v) is 23.4. The lowest BCUT2D eigenvalue weighted by atomic mass is 9.32. The van der Waals surface area contributed by atoms with E-state index < -0.39 is 27.3 Å².